The van der Waals surface area contributed by atoms with Crippen LogP contribution in [-0.2, 0) is 4.79 Å². The van der Waals surface area contributed by atoms with Gasteiger partial charge in [0, 0.05) is 12.6 Å². The molecule has 0 bridgehead atoms. The summed E-state index contributed by atoms with van der Waals surface area (Å²) in [6, 6.07) is 0.0133. The van der Waals surface area contributed by atoms with E-state index in [0.29, 0.717) is 6.54 Å². The topological polar surface area (TPSA) is 52.6 Å². The Kier molecular flexibility index (Phi) is 4.95. The minimum absolute atomic E-state index is 0.00205. The molecule has 2 N–H and O–H groups in total. The number of carbonyl (C=O) groups excluding carboxylic acids is 1. The first-order chi connectivity index (χ1) is 7.90. The predicted molar refractivity (Wildman–Crippen MR) is 68.7 cm³/mol. The maximum Gasteiger partial charge on any atom is 0.240 e. The van der Waals surface area contributed by atoms with Gasteiger partial charge in [0.15, 0.2) is 0 Å². The molecule has 1 heterocycles. The van der Waals surface area contributed by atoms with Crippen LogP contribution in [-0.4, -0.2) is 47.7 Å². The van der Waals surface area contributed by atoms with Crippen molar-refractivity contribution in [1.29, 1.82) is 0 Å². The van der Waals surface area contributed by atoms with E-state index in [1.165, 1.54) is 0 Å². The second-order valence-electron chi connectivity index (χ2n) is 5.83. The maximum absolute atomic E-state index is 12.5. The van der Waals surface area contributed by atoms with Crippen LogP contribution < -0.4 is 5.32 Å². The highest BCUT2D eigenvalue weighted by Crippen LogP contribution is 2.31. The average Bonchev–Trinajstić information content (AvgIpc) is 2.24. The van der Waals surface area contributed by atoms with Crippen molar-refractivity contribution in [2.75, 3.05) is 19.7 Å². The first kappa shape index (κ1) is 14.5. The number of rotatable bonds is 4. The third kappa shape index (κ3) is 3.42. The Morgan fingerprint density at radius 1 is 1.53 bits per heavy atom. The summed E-state index contributed by atoms with van der Waals surface area (Å²) in [5, 5.41) is 12.4. The molecule has 0 saturated carbocycles. The van der Waals surface area contributed by atoms with Gasteiger partial charge in [-0.1, -0.05) is 13.8 Å². The summed E-state index contributed by atoms with van der Waals surface area (Å²) in [5.74, 6) is 0.124. The number of hydrogen-bond acceptors (Lipinski definition) is 3. The Hall–Kier alpha value is -0.610. The zero-order valence-corrected chi connectivity index (χ0v) is 11.5. The van der Waals surface area contributed by atoms with Gasteiger partial charge in [-0.15, -0.1) is 0 Å². The molecular formula is C13H26N2O2. The third-order valence-electron chi connectivity index (χ3n) is 3.62. The second kappa shape index (κ2) is 5.83. The molecule has 0 aromatic rings. The Morgan fingerprint density at radius 3 is 2.65 bits per heavy atom. The van der Waals surface area contributed by atoms with Crippen molar-refractivity contribution in [3.8, 4) is 0 Å². The van der Waals surface area contributed by atoms with Crippen molar-refractivity contribution < 1.29 is 9.90 Å². The Bertz CT molecular complexity index is 264. The molecule has 1 amide bonds. The summed E-state index contributed by atoms with van der Waals surface area (Å²) in [5.41, 5.74) is -0.00205. The van der Waals surface area contributed by atoms with Crippen molar-refractivity contribution in [3.63, 3.8) is 0 Å². The standard InChI is InChI=1S/C13H26N2O2/c1-10(2)15(8-9-16)12(17)11-13(3,4)6-5-7-14-11/h10-11,14,16H,5-9H2,1-4H3. The van der Waals surface area contributed by atoms with Gasteiger partial charge >= 0.3 is 0 Å². The number of piperidine rings is 1. The number of hydrogen-bond donors (Lipinski definition) is 2. The zero-order chi connectivity index (χ0) is 13.1. The van der Waals surface area contributed by atoms with E-state index in [2.05, 4.69) is 19.2 Å². The quantitative estimate of drug-likeness (QED) is 0.773. The fourth-order valence-electron chi connectivity index (χ4n) is 2.53. The van der Waals surface area contributed by atoms with E-state index in [4.69, 9.17) is 5.11 Å². The molecule has 0 radical (unpaired) electrons. The van der Waals surface area contributed by atoms with Crippen molar-refractivity contribution in [2.45, 2.75) is 52.6 Å². The molecule has 0 aromatic heterocycles. The van der Waals surface area contributed by atoms with Crippen LogP contribution in [0.15, 0.2) is 0 Å². The molecule has 0 aliphatic carbocycles. The van der Waals surface area contributed by atoms with Crippen LogP contribution in [0.1, 0.15) is 40.5 Å². The van der Waals surface area contributed by atoms with Crippen LogP contribution in [0.3, 0.4) is 0 Å². The van der Waals surface area contributed by atoms with Crippen LogP contribution in [0.4, 0.5) is 0 Å². The van der Waals surface area contributed by atoms with Crippen molar-refractivity contribution in [2.24, 2.45) is 5.41 Å². The molecular weight excluding hydrogens is 216 g/mol. The first-order valence-electron chi connectivity index (χ1n) is 6.55. The lowest BCUT2D eigenvalue weighted by atomic mass is 9.77. The molecule has 0 aromatic carbocycles. The van der Waals surface area contributed by atoms with Gasteiger partial charge in [-0.05, 0) is 38.6 Å². The molecule has 1 atom stereocenters. The smallest absolute Gasteiger partial charge is 0.240 e. The van der Waals surface area contributed by atoms with Crippen molar-refractivity contribution >= 4 is 5.91 Å². The van der Waals surface area contributed by atoms with E-state index >= 15 is 0 Å². The monoisotopic (exact) mass is 242 g/mol. The number of nitrogens with one attached hydrogen (secondary N) is 1. The number of carbonyl (C=O) groups is 1. The lowest BCUT2D eigenvalue weighted by molar-refractivity contribution is -0.139. The van der Waals surface area contributed by atoms with Gasteiger partial charge in [-0.25, -0.2) is 0 Å². The number of aliphatic hydroxyl groups excluding tert-OH is 1. The van der Waals surface area contributed by atoms with Crippen LogP contribution >= 0.6 is 0 Å². The number of nitrogens with zero attached hydrogens (tertiary/aromatic N) is 1. The molecule has 100 valence electrons. The van der Waals surface area contributed by atoms with Gasteiger partial charge in [0.1, 0.15) is 0 Å². The van der Waals surface area contributed by atoms with Gasteiger partial charge in [0.05, 0.1) is 12.6 Å². The lowest BCUT2D eigenvalue weighted by Gasteiger charge is -2.41. The largest absolute Gasteiger partial charge is 0.395 e. The third-order valence-corrected chi connectivity index (χ3v) is 3.62. The Balaban J connectivity index is 2.78. The fraction of sp³-hybridized carbons (Fsp3) is 0.923. The predicted octanol–water partition coefficient (Wildman–Crippen LogP) is 0.994. The zero-order valence-electron chi connectivity index (χ0n) is 11.5. The van der Waals surface area contributed by atoms with E-state index in [9.17, 15) is 4.79 Å². The molecule has 1 aliphatic rings. The fourth-order valence-corrected chi connectivity index (χ4v) is 2.53. The number of amides is 1. The van der Waals surface area contributed by atoms with Gasteiger partial charge in [0.25, 0.3) is 0 Å². The highest BCUT2D eigenvalue weighted by molar-refractivity contribution is 5.83. The summed E-state index contributed by atoms with van der Waals surface area (Å²) >= 11 is 0. The van der Waals surface area contributed by atoms with Crippen LogP contribution in [0.5, 0.6) is 0 Å². The highest BCUT2D eigenvalue weighted by atomic mass is 16.3. The molecule has 4 heteroatoms. The second-order valence-corrected chi connectivity index (χ2v) is 5.83. The first-order valence-corrected chi connectivity index (χ1v) is 6.55. The van der Waals surface area contributed by atoms with Crippen LogP contribution in [0.2, 0.25) is 0 Å². The Labute approximate surface area is 104 Å². The maximum atomic E-state index is 12.5. The molecule has 1 rings (SSSR count). The summed E-state index contributed by atoms with van der Waals surface area (Å²) in [7, 11) is 0. The summed E-state index contributed by atoms with van der Waals surface area (Å²) in [4.78, 5) is 14.3. The van der Waals surface area contributed by atoms with Gasteiger partial charge in [0.2, 0.25) is 5.91 Å². The van der Waals surface area contributed by atoms with Crippen LogP contribution in [0, 0.1) is 5.41 Å². The normalized spacial score (nSPS) is 23.8. The van der Waals surface area contributed by atoms with E-state index in [0.717, 1.165) is 19.4 Å². The van der Waals surface area contributed by atoms with E-state index in [-0.39, 0.29) is 30.0 Å². The molecule has 4 nitrogen and oxygen atoms in total. The molecule has 17 heavy (non-hydrogen) atoms. The highest BCUT2D eigenvalue weighted by Gasteiger charge is 2.39. The van der Waals surface area contributed by atoms with Gasteiger partial charge < -0.3 is 15.3 Å². The van der Waals surface area contributed by atoms with Crippen molar-refractivity contribution in [1.82, 2.24) is 10.2 Å². The average molecular weight is 242 g/mol. The number of aliphatic hydroxyl groups is 1. The molecule has 1 aliphatic heterocycles. The van der Waals surface area contributed by atoms with E-state index < -0.39 is 0 Å². The minimum Gasteiger partial charge on any atom is -0.395 e. The Morgan fingerprint density at radius 2 is 2.18 bits per heavy atom. The van der Waals surface area contributed by atoms with Gasteiger partial charge in [-0.2, -0.15) is 0 Å². The van der Waals surface area contributed by atoms with Crippen molar-refractivity contribution in [3.05, 3.63) is 0 Å². The van der Waals surface area contributed by atoms with E-state index in [1.807, 2.05) is 13.8 Å². The summed E-state index contributed by atoms with van der Waals surface area (Å²) < 4.78 is 0. The minimum atomic E-state index is -0.120. The lowest BCUT2D eigenvalue weighted by Crippen LogP contribution is -2.58. The SMILES string of the molecule is CC(C)N(CCO)C(=O)C1NCCCC1(C)C. The summed E-state index contributed by atoms with van der Waals surface area (Å²) in [6.07, 6.45) is 2.19. The van der Waals surface area contributed by atoms with E-state index in [1.54, 1.807) is 4.90 Å². The molecule has 1 unspecified atom stereocenters. The molecule has 0 spiro atoms. The van der Waals surface area contributed by atoms with Crippen LogP contribution in [0.25, 0.3) is 0 Å². The van der Waals surface area contributed by atoms with Gasteiger partial charge in [-0.3, -0.25) is 4.79 Å². The molecule has 1 saturated heterocycles. The molecule has 1 fully saturated rings. The summed E-state index contributed by atoms with van der Waals surface area (Å²) in [6.45, 7) is 9.61.